The first kappa shape index (κ1) is 16.5. The van der Waals surface area contributed by atoms with Crippen LogP contribution in [0.3, 0.4) is 0 Å². The first-order valence-corrected chi connectivity index (χ1v) is 6.82. The summed E-state index contributed by atoms with van der Waals surface area (Å²) in [5, 5.41) is 9.28. The van der Waals surface area contributed by atoms with Crippen LogP contribution in [-0.2, 0) is 4.74 Å². The molecule has 1 rings (SSSR count). The number of halogens is 1. The Morgan fingerprint density at radius 1 is 1.30 bits per heavy atom. The average molecular weight is 344 g/mol. The Morgan fingerprint density at radius 3 is 2.30 bits per heavy atom. The van der Waals surface area contributed by atoms with Crippen molar-refractivity contribution in [2.75, 3.05) is 11.9 Å². The van der Waals surface area contributed by atoms with Crippen molar-refractivity contribution in [3.63, 3.8) is 0 Å². The summed E-state index contributed by atoms with van der Waals surface area (Å²) in [5.41, 5.74) is 0.463. The highest BCUT2D eigenvalue weighted by Gasteiger charge is 2.25. The van der Waals surface area contributed by atoms with E-state index in [4.69, 9.17) is 4.74 Å². The molecule has 0 bridgehead atoms. The van der Waals surface area contributed by atoms with Crippen LogP contribution in [0.5, 0.6) is 0 Å². The zero-order chi connectivity index (χ0) is 15.7. The zero-order valence-electron chi connectivity index (χ0n) is 12.2. The second-order valence-corrected chi connectivity index (χ2v) is 6.34. The predicted molar refractivity (Wildman–Crippen MR) is 80.5 cm³/mol. The van der Waals surface area contributed by atoms with E-state index in [0.29, 0.717) is 4.47 Å². The van der Waals surface area contributed by atoms with Crippen molar-refractivity contribution in [3.05, 3.63) is 27.7 Å². The van der Waals surface area contributed by atoms with Gasteiger partial charge in [0.25, 0.3) is 0 Å². The molecule has 1 aromatic carbocycles. The molecule has 5 nitrogen and oxygen atoms in total. The standard InChI is InChI=1S/C14H18BrNO4/c1-8-6-9(12(17)18)11(10(15)7-8)16(5)13(19)20-14(2,3)4/h6-7H,1-5H3,(H,17,18). The number of carbonyl (C=O) groups is 2. The quantitative estimate of drug-likeness (QED) is 0.886. The third kappa shape index (κ3) is 3.96. The highest BCUT2D eigenvalue weighted by atomic mass is 79.9. The fourth-order valence-corrected chi connectivity index (χ4v) is 2.50. The normalized spacial score (nSPS) is 11.1. The van der Waals surface area contributed by atoms with Gasteiger partial charge in [0, 0.05) is 11.5 Å². The molecular formula is C14H18BrNO4. The van der Waals surface area contributed by atoms with Crippen LogP contribution >= 0.6 is 15.9 Å². The van der Waals surface area contributed by atoms with E-state index in [1.54, 1.807) is 33.8 Å². The van der Waals surface area contributed by atoms with E-state index >= 15 is 0 Å². The molecule has 0 aliphatic carbocycles. The monoisotopic (exact) mass is 343 g/mol. The molecule has 0 aliphatic heterocycles. The first-order chi connectivity index (χ1) is 9.03. The van der Waals surface area contributed by atoms with Crippen LogP contribution in [0.4, 0.5) is 10.5 Å². The summed E-state index contributed by atoms with van der Waals surface area (Å²) in [7, 11) is 1.48. The van der Waals surface area contributed by atoms with Gasteiger partial charge in [-0.25, -0.2) is 9.59 Å². The number of ether oxygens (including phenoxy) is 1. The van der Waals surface area contributed by atoms with Gasteiger partial charge in [0.1, 0.15) is 5.60 Å². The lowest BCUT2D eigenvalue weighted by Crippen LogP contribution is -2.35. The number of carbonyl (C=O) groups excluding carboxylic acids is 1. The molecule has 0 atom stereocenters. The summed E-state index contributed by atoms with van der Waals surface area (Å²) in [5.74, 6) is -1.10. The molecule has 0 saturated heterocycles. The van der Waals surface area contributed by atoms with Crippen LogP contribution < -0.4 is 4.90 Å². The van der Waals surface area contributed by atoms with E-state index in [2.05, 4.69) is 15.9 Å². The second kappa shape index (κ2) is 5.83. The predicted octanol–water partition coefficient (Wildman–Crippen LogP) is 3.83. The molecule has 0 radical (unpaired) electrons. The first-order valence-electron chi connectivity index (χ1n) is 6.03. The maximum Gasteiger partial charge on any atom is 0.414 e. The number of aryl methyl sites for hydroxylation is 1. The van der Waals surface area contributed by atoms with Crippen molar-refractivity contribution >= 4 is 33.7 Å². The number of nitrogens with zero attached hydrogens (tertiary/aromatic N) is 1. The van der Waals surface area contributed by atoms with E-state index < -0.39 is 17.7 Å². The lowest BCUT2D eigenvalue weighted by molar-refractivity contribution is 0.0589. The molecule has 6 heteroatoms. The lowest BCUT2D eigenvalue weighted by atomic mass is 10.1. The Labute approximate surface area is 126 Å². The molecule has 0 heterocycles. The van der Waals surface area contributed by atoms with Gasteiger partial charge >= 0.3 is 12.1 Å². The molecular weight excluding hydrogens is 326 g/mol. The second-order valence-electron chi connectivity index (χ2n) is 5.49. The van der Waals surface area contributed by atoms with Crippen LogP contribution in [0.25, 0.3) is 0 Å². The molecule has 20 heavy (non-hydrogen) atoms. The Bertz CT molecular complexity index is 549. The van der Waals surface area contributed by atoms with E-state index in [9.17, 15) is 14.7 Å². The van der Waals surface area contributed by atoms with Crippen LogP contribution in [-0.4, -0.2) is 29.8 Å². The fourth-order valence-electron chi connectivity index (χ4n) is 1.66. The van der Waals surface area contributed by atoms with Gasteiger partial charge in [-0.3, -0.25) is 4.90 Å². The fraction of sp³-hybridized carbons (Fsp3) is 0.429. The minimum Gasteiger partial charge on any atom is -0.478 e. The minimum atomic E-state index is -1.10. The lowest BCUT2D eigenvalue weighted by Gasteiger charge is -2.26. The van der Waals surface area contributed by atoms with Crippen molar-refractivity contribution < 1.29 is 19.4 Å². The smallest absolute Gasteiger partial charge is 0.414 e. The molecule has 110 valence electrons. The van der Waals surface area contributed by atoms with Crippen LogP contribution in [0, 0.1) is 6.92 Å². The highest BCUT2D eigenvalue weighted by molar-refractivity contribution is 9.10. The van der Waals surface area contributed by atoms with Crippen LogP contribution in [0.1, 0.15) is 36.7 Å². The number of benzene rings is 1. The summed E-state index contributed by atoms with van der Waals surface area (Å²) in [6, 6.07) is 3.27. The SMILES string of the molecule is Cc1cc(Br)c(N(C)C(=O)OC(C)(C)C)c(C(=O)O)c1. The summed E-state index contributed by atoms with van der Waals surface area (Å²) in [4.78, 5) is 24.6. The Kier molecular flexibility index (Phi) is 4.81. The van der Waals surface area contributed by atoms with E-state index in [1.165, 1.54) is 18.0 Å². The molecule has 0 aliphatic rings. The summed E-state index contributed by atoms with van der Waals surface area (Å²) in [6.07, 6.45) is -0.607. The van der Waals surface area contributed by atoms with Crippen molar-refractivity contribution in [2.24, 2.45) is 0 Å². The third-order valence-electron chi connectivity index (χ3n) is 2.44. The van der Waals surface area contributed by atoms with E-state index in [0.717, 1.165) is 5.56 Å². The molecule has 1 amide bonds. The molecule has 0 aromatic heterocycles. The topological polar surface area (TPSA) is 66.8 Å². The van der Waals surface area contributed by atoms with Gasteiger partial charge in [-0.05, 0) is 61.3 Å². The van der Waals surface area contributed by atoms with Gasteiger partial charge in [-0.1, -0.05) is 0 Å². The number of amides is 1. The van der Waals surface area contributed by atoms with Gasteiger partial charge < -0.3 is 9.84 Å². The number of hydrogen-bond acceptors (Lipinski definition) is 3. The van der Waals surface area contributed by atoms with Crippen molar-refractivity contribution in [3.8, 4) is 0 Å². The minimum absolute atomic E-state index is 0.0465. The van der Waals surface area contributed by atoms with Gasteiger partial charge in [0.2, 0.25) is 0 Å². The van der Waals surface area contributed by atoms with Gasteiger partial charge in [-0.2, -0.15) is 0 Å². The number of hydrogen-bond donors (Lipinski definition) is 1. The average Bonchev–Trinajstić information content (AvgIpc) is 2.24. The molecule has 1 aromatic rings. The Balaban J connectivity index is 3.25. The summed E-state index contributed by atoms with van der Waals surface area (Å²) < 4.78 is 5.78. The van der Waals surface area contributed by atoms with Crippen LogP contribution in [0.15, 0.2) is 16.6 Å². The number of carboxylic acids is 1. The van der Waals surface area contributed by atoms with E-state index in [-0.39, 0.29) is 11.3 Å². The largest absolute Gasteiger partial charge is 0.478 e. The number of aromatic carboxylic acids is 1. The summed E-state index contributed by atoms with van der Waals surface area (Å²) >= 11 is 3.30. The molecule has 1 N–H and O–H groups in total. The Hall–Kier alpha value is -1.56. The number of anilines is 1. The van der Waals surface area contributed by atoms with E-state index in [1.807, 2.05) is 0 Å². The Morgan fingerprint density at radius 2 is 1.85 bits per heavy atom. The van der Waals surface area contributed by atoms with Crippen LogP contribution in [0.2, 0.25) is 0 Å². The maximum absolute atomic E-state index is 12.1. The molecule has 0 unspecified atom stereocenters. The van der Waals surface area contributed by atoms with Crippen molar-refractivity contribution in [2.45, 2.75) is 33.3 Å². The summed E-state index contributed by atoms with van der Waals surface area (Å²) in [6.45, 7) is 7.04. The van der Waals surface area contributed by atoms with Gasteiger partial charge in [0.15, 0.2) is 0 Å². The maximum atomic E-state index is 12.1. The number of carboxylic acid groups (broad SMARTS) is 1. The number of rotatable bonds is 2. The van der Waals surface area contributed by atoms with Gasteiger partial charge in [0.05, 0.1) is 11.3 Å². The van der Waals surface area contributed by atoms with Crippen molar-refractivity contribution in [1.82, 2.24) is 0 Å². The third-order valence-corrected chi connectivity index (χ3v) is 3.05. The molecule has 0 fully saturated rings. The molecule has 0 saturated carbocycles. The zero-order valence-corrected chi connectivity index (χ0v) is 13.7. The highest BCUT2D eigenvalue weighted by Crippen LogP contribution is 2.32. The molecule has 0 spiro atoms. The van der Waals surface area contributed by atoms with Crippen molar-refractivity contribution in [1.29, 1.82) is 0 Å². The van der Waals surface area contributed by atoms with Gasteiger partial charge in [-0.15, -0.1) is 0 Å².